The van der Waals surface area contributed by atoms with Crippen LogP contribution in [0.1, 0.15) is 35.8 Å². The Bertz CT molecular complexity index is 897. The molecule has 8 heteroatoms. The molecule has 2 aromatic carbocycles. The molecule has 1 amide bonds. The molecule has 0 aliphatic rings. The van der Waals surface area contributed by atoms with E-state index >= 15 is 0 Å². The summed E-state index contributed by atoms with van der Waals surface area (Å²) in [4.78, 5) is 14.8. The maximum absolute atomic E-state index is 12.6. The van der Waals surface area contributed by atoms with Gasteiger partial charge in [-0.25, -0.2) is 8.42 Å². The summed E-state index contributed by atoms with van der Waals surface area (Å²) in [5.41, 5.74) is 1.84. The van der Waals surface area contributed by atoms with Gasteiger partial charge in [-0.15, -0.1) is 0 Å². The first-order chi connectivity index (χ1) is 13.2. The van der Waals surface area contributed by atoms with E-state index in [1.54, 1.807) is 24.3 Å². The second-order valence-electron chi connectivity index (χ2n) is 6.42. The van der Waals surface area contributed by atoms with E-state index in [0.29, 0.717) is 22.8 Å². The van der Waals surface area contributed by atoms with Gasteiger partial charge in [0.15, 0.2) is 0 Å². The first-order valence-electron chi connectivity index (χ1n) is 9.09. The first-order valence-corrected chi connectivity index (χ1v) is 11.4. The number of carbonyl (C=O) groups excluding carboxylic acids is 1. The molecule has 0 saturated heterocycles. The number of hydrogen-bond acceptors (Lipinski definition) is 4. The summed E-state index contributed by atoms with van der Waals surface area (Å²) >= 11 is 6.38. The largest absolute Gasteiger partial charge is 0.350 e. The number of nitrogens with one attached hydrogen (secondary N) is 2. The second-order valence-corrected chi connectivity index (χ2v) is 8.58. The third-order valence-electron chi connectivity index (χ3n) is 4.42. The van der Waals surface area contributed by atoms with Gasteiger partial charge in [-0.05, 0) is 49.0 Å². The minimum absolute atomic E-state index is 0.0428. The van der Waals surface area contributed by atoms with Gasteiger partial charge in [0.2, 0.25) is 10.0 Å². The van der Waals surface area contributed by atoms with Crippen molar-refractivity contribution < 1.29 is 13.2 Å². The number of nitrogens with zero attached hydrogens (tertiary/aromatic N) is 1. The Balaban J connectivity index is 2.12. The van der Waals surface area contributed by atoms with Gasteiger partial charge in [-0.2, -0.15) is 0 Å². The van der Waals surface area contributed by atoms with Crippen LogP contribution in [-0.2, 0) is 10.0 Å². The second kappa shape index (κ2) is 9.91. The molecule has 0 radical (unpaired) electrons. The molecule has 2 N–H and O–H groups in total. The molecule has 0 saturated carbocycles. The van der Waals surface area contributed by atoms with Gasteiger partial charge in [0.1, 0.15) is 0 Å². The number of halogens is 1. The highest BCUT2D eigenvalue weighted by Gasteiger charge is 2.21. The molecule has 0 bridgehead atoms. The molecule has 0 aliphatic heterocycles. The van der Waals surface area contributed by atoms with Crippen LogP contribution in [0.4, 0.5) is 5.69 Å². The van der Waals surface area contributed by atoms with Crippen molar-refractivity contribution in [1.82, 2.24) is 10.2 Å². The van der Waals surface area contributed by atoms with E-state index in [1.165, 1.54) is 0 Å². The zero-order chi connectivity index (χ0) is 20.7. The lowest BCUT2D eigenvalue weighted by molar-refractivity contribution is 0.0935. The van der Waals surface area contributed by atoms with Crippen molar-refractivity contribution in [2.24, 2.45) is 0 Å². The molecule has 0 aromatic heterocycles. The fourth-order valence-electron chi connectivity index (χ4n) is 3.04. The molecule has 0 fully saturated rings. The lowest BCUT2D eigenvalue weighted by Crippen LogP contribution is -2.38. The van der Waals surface area contributed by atoms with Crippen molar-refractivity contribution in [3.63, 3.8) is 0 Å². The van der Waals surface area contributed by atoms with Crippen LogP contribution in [0, 0.1) is 0 Å². The molecule has 0 aliphatic carbocycles. The van der Waals surface area contributed by atoms with Gasteiger partial charge < -0.3 is 5.32 Å². The Labute approximate surface area is 171 Å². The molecular weight excluding hydrogens is 398 g/mol. The zero-order valence-electron chi connectivity index (χ0n) is 16.3. The molecule has 1 unspecified atom stereocenters. The SMILES string of the molecule is CCN(CC)C(CNC(=O)c1ccc(NS(C)(=O)=O)cc1)c1ccccc1Cl. The average molecular weight is 424 g/mol. The van der Waals surface area contributed by atoms with Crippen molar-refractivity contribution in [3.05, 3.63) is 64.7 Å². The summed E-state index contributed by atoms with van der Waals surface area (Å²) in [7, 11) is -3.35. The van der Waals surface area contributed by atoms with Crippen molar-refractivity contribution in [2.75, 3.05) is 30.6 Å². The summed E-state index contributed by atoms with van der Waals surface area (Å²) in [6, 6.07) is 13.9. The summed E-state index contributed by atoms with van der Waals surface area (Å²) in [5.74, 6) is -0.227. The number of benzene rings is 2. The predicted molar refractivity (Wildman–Crippen MR) is 114 cm³/mol. The highest BCUT2D eigenvalue weighted by molar-refractivity contribution is 7.92. The van der Waals surface area contributed by atoms with Crippen LogP contribution >= 0.6 is 11.6 Å². The van der Waals surface area contributed by atoms with Gasteiger partial charge in [0.05, 0.1) is 12.3 Å². The maximum atomic E-state index is 12.6. The summed E-state index contributed by atoms with van der Waals surface area (Å²) in [5, 5.41) is 3.63. The van der Waals surface area contributed by atoms with Crippen LogP contribution < -0.4 is 10.0 Å². The summed E-state index contributed by atoms with van der Waals surface area (Å²) in [6.07, 6.45) is 1.08. The number of likely N-dealkylation sites (N-methyl/N-ethyl adjacent to an activating group) is 1. The van der Waals surface area contributed by atoms with Gasteiger partial charge >= 0.3 is 0 Å². The Morgan fingerprint density at radius 1 is 1.07 bits per heavy atom. The lowest BCUT2D eigenvalue weighted by Gasteiger charge is -2.31. The van der Waals surface area contributed by atoms with E-state index in [4.69, 9.17) is 11.6 Å². The van der Waals surface area contributed by atoms with Crippen molar-refractivity contribution >= 4 is 33.2 Å². The minimum atomic E-state index is -3.35. The maximum Gasteiger partial charge on any atom is 0.251 e. The zero-order valence-corrected chi connectivity index (χ0v) is 17.8. The number of amides is 1. The Morgan fingerprint density at radius 3 is 2.21 bits per heavy atom. The van der Waals surface area contributed by atoms with Gasteiger partial charge in [-0.1, -0.05) is 43.6 Å². The normalized spacial score (nSPS) is 12.6. The first kappa shape index (κ1) is 22.2. The number of hydrogen-bond donors (Lipinski definition) is 2. The molecule has 6 nitrogen and oxygen atoms in total. The molecule has 2 aromatic rings. The van der Waals surface area contributed by atoms with Crippen molar-refractivity contribution in [1.29, 1.82) is 0 Å². The Kier molecular flexibility index (Phi) is 7.86. The highest BCUT2D eigenvalue weighted by atomic mass is 35.5. The highest BCUT2D eigenvalue weighted by Crippen LogP contribution is 2.27. The van der Waals surface area contributed by atoms with Crippen LogP contribution in [-0.4, -0.2) is 45.1 Å². The van der Waals surface area contributed by atoms with Gasteiger partial charge in [0, 0.05) is 22.8 Å². The van der Waals surface area contributed by atoms with Crippen molar-refractivity contribution in [2.45, 2.75) is 19.9 Å². The molecule has 1 atom stereocenters. The summed E-state index contributed by atoms with van der Waals surface area (Å²) in [6.45, 7) is 6.21. The smallest absolute Gasteiger partial charge is 0.251 e. The number of rotatable bonds is 9. The standard InChI is InChI=1S/C20H26ClN3O3S/c1-4-24(5-2)19(17-8-6-7-9-18(17)21)14-22-20(25)15-10-12-16(13-11-15)23-28(3,26)27/h6-13,19,23H,4-5,14H2,1-3H3,(H,22,25). The fourth-order valence-corrected chi connectivity index (χ4v) is 3.87. The van der Waals surface area contributed by atoms with Crippen LogP contribution in [0.25, 0.3) is 0 Å². The average Bonchev–Trinajstić information content (AvgIpc) is 2.65. The van der Waals surface area contributed by atoms with E-state index in [1.807, 2.05) is 24.3 Å². The Hall–Kier alpha value is -2.09. The third-order valence-corrected chi connectivity index (χ3v) is 5.37. The van der Waals surface area contributed by atoms with E-state index in [2.05, 4.69) is 28.8 Å². The van der Waals surface area contributed by atoms with Crippen LogP contribution in [0.15, 0.2) is 48.5 Å². The van der Waals surface area contributed by atoms with E-state index < -0.39 is 10.0 Å². The van der Waals surface area contributed by atoms with E-state index in [0.717, 1.165) is 24.9 Å². The van der Waals surface area contributed by atoms with Gasteiger partial charge in [0.25, 0.3) is 5.91 Å². The van der Waals surface area contributed by atoms with E-state index in [9.17, 15) is 13.2 Å². The predicted octanol–water partition coefficient (Wildman–Crippen LogP) is 3.52. The molecule has 0 heterocycles. The molecule has 152 valence electrons. The third kappa shape index (κ3) is 6.22. The lowest BCUT2D eigenvalue weighted by atomic mass is 10.0. The van der Waals surface area contributed by atoms with Crippen LogP contribution in [0.5, 0.6) is 0 Å². The van der Waals surface area contributed by atoms with Gasteiger partial charge in [-0.3, -0.25) is 14.4 Å². The number of anilines is 1. The number of sulfonamides is 1. The quantitative estimate of drug-likeness (QED) is 0.646. The fraction of sp³-hybridized carbons (Fsp3) is 0.350. The monoisotopic (exact) mass is 423 g/mol. The van der Waals surface area contributed by atoms with E-state index in [-0.39, 0.29) is 11.9 Å². The van der Waals surface area contributed by atoms with Crippen LogP contribution in [0.2, 0.25) is 5.02 Å². The minimum Gasteiger partial charge on any atom is -0.350 e. The molecule has 0 spiro atoms. The number of carbonyl (C=O) groups is 1. The molecule has 2 rings (SSSR count). The topological polar surface area (TPSA) is 78.5 Å². The van der Waals surface area contributed by atoms with Crippen molar-refractivity contribution in [3.8, 4) is 0 Å². The van der Waals surface area contributed by atoms with Crippen LogP contribution in [0.3, 0.4) is 0 Å². The summed E-state index contributed by atoms with van der Waals surface area (Å²) < 4.78 is 24.9. The molecular formula is C20H26ClN3O3S. The molecule has 28 heavy (non-hydrogen) atoms. The Morgan fingerprint density at radius 2 is 1.68 bits per heavy atom.